The summed E-state index contributed by atoms with van der Waals surface area (Å²) >= 11 is 6.47. The van der Waals surface area contributed by atoms with E-state index in [4.69, 9.17) is 0 Å². The van der Waals surface area contributed by atoms with Crippen LogP contribution in [0.4, 0.5) is 0 Å². The molecule has 0 spiro atoms. The maximum atomic E-state index is 4.56. The van der Waals surface area contributed by atoms with Crippen LogP contribution in [0.15, 0.2) is 55.2 Å². The van der Waals surface area contributed by atoms with Gasteiger partial charge in [0.1, 0.15) is 0 Å². The Balaban J connectivity index is 0.000000232. The van der Waals surface area contributed by atoms with Crippen LogP contribution in [-0.2, 0) is 0 Å². The predicted octanol–water partition coefficient (Wildman–Crippen LogP) is 4.82. The van der Waals surface area contributed by atoms with Gasteiger partial charge in [-0.25, -0.2) is 0 Å². The molecular formula is C16H18N4S2Sn. The van der Waals surface area contributed by atoms with Crippen molar-refractivity contribution in [3.05, 3.63) is 48.8 Å². The van der Waals surface area contributed by atoms with Crippen molar-refractivity contribution in [1.82, 2.24) is 9.97 Å². The molecule has 2 rings (SSSR count). The van der Waals surface area contributed by atoms with Gasteiger partial charge in [0.25, 0.3) is 0 Å². The fourth-order valence-electron chi connectivity index (χ4n) is 1.79. The second-order valence-corrected chi connectivity index (χ2v) is 15.8. The molecule has 0 aliphatic carbocycles. The van der Waals surface area contributed by atoms with E-state index in [9.17, 15) is 0 Å². The molecule has 4 nitrogen and oxygen atoms in total. The minimum atomic E-state index is -2.65. The van der Waals surface area contributed by atoms with E-state index in [1.165, 1.54) is 0 Å². The fraction of sp³-hybridized carbons (Fsp3) is 0.250. The van der Waals surface area contributed by atoms with Gasteiger partial charge in [0.2, 0.25) is 0 Å². The van der Waals surface area contributed by atoms with Gasteiger partial charge in [-0.15, -0.1) is 0 Å². The summed E-state index contributed by atoms with van der Waals surface area (Å²) in [4.78, 5) is 8.37. The van der Waals surface area contributed by atoms with Crippen LogP contribution in [0.2, 0.25) is 8.87 Å². The summed E-state index contributed by atoms with van der Waals surface area (Å²) in [5.41, 5.74) is 1.83. The summed E-state index contributed by atoms with van der Waals surface area (Å²) < 4.78 is 10.3. The minimum absolute atomic E-state index is 0.915. The molecule has 0 unspecified atom stereocenters. The topological polar surface area (TPSA) is 50.5 Å². The van der Waals surface area contributed by atoms with Gasteiger partial charge in [-0.3, -0.25) is 9.97 Å². The maximum Gasteiger partial charge on any atom is 0.0886 e. The van der Waals surface area contributed by atoms with Crippen molar-refractivity contribution in [2.75, 3.05) is 0 Å². The molecule has 0 aliphatic rings. The molecule has 0 radical (unpaired) electrons. The van der Waals surface area contributed by atoms with Gasteiger partial charge < -0.3 is 0 Å². The van der Waals surface area contributed by atoms with E-state index in [0.29, 0.717) is 0 Å². The Bertz CT molecular complexity index is 620. The molecule has 0 saturated carbocycles. The predicted molar refractivity (Wildman–Crippen MR) is 104 cm³/mol. The first-order valence-corrected chi connectivity index (χ1v) is 14.6. The molecular weight excluding hydrogens is 431 g/mol. The van der Waals surface area contributed by atoms with Crippen LogP contribution in [0.3, 0.4) is 0 Å². The molecule has 0 saturated heterocycles. The van der Waals surface area contributed by atoms with Crippen LogP contribution in [0.5, 0.6) is 0 Å². The van der Waals surface area contributed by atoms with Crippen molar-refractivity contribution in [2.45, 2.75) is 22.7 Å². The Hall–Kier alpha value is -1.30. The van der Waals surface area contributed by atoms with Gasteiger partial charge in [0, 0.05) is 12.4 Å². The molecule has 0 aromatic carbocycles. The van der Waals surface area contributed by atoms with Gasteiger partial charge in [0.15, 0.2) is 0 Å². The minimum Gasteiger partial charge on any atom is -0.255 e. The molecule has 2 aromatic heterocycles. The number of hydrogen-bond donors (Lipinski definition) is 0. The number of isothiocyanates is 2. The van der Waals surface area contributed by atoms with Crippen LogP contribution in [-0.4, -0.2) is 39.2 Å². The van der Waals surface area contributed by atoms with E-state index in [1.807, 2.05) is 36.4 Å². The normalized spacial score (nSPS) is 9.65. The van der Waals surface area contributed by atoms with Gasteiger partial charge >= 0.3 is 82.8 Å². The first-order valence-electron chi connectivity index (χ1n) is 7.21. The Kier molecular flexibility index (Phi) is 9.67. The number of hydrogen-bond acceptors (Lipinski definition) is 6. The van der Waals surface area contributed by atoms with Crippen molar-refractivity contribution in [1.29, 1.82) is 0 Å². The zero-order valence-electron chi connectivity index (χ0n) is 13.1. The molecule has 2 heterocycles. The van der Waals surface area contributed by atoms with Gasteiger partial charge in [0.05, 0.1) is 11.4 Å². The van der Waals surface area contributed by atoms with Gasteiger partial charge in [-0.1, -0.05) is 12.1 Å². The van der Waals surface area contributed by atoms with Crippen LogP contribution >= 0.6 is 24.4 Å². The van der Waals surface area contributed by atoms with E-state index >= 15 is 0 Å². The molecule has 118 valence electrons. The molecule has 0 fully saturated rings. The third-order valence-corrected chi connectivity index (χ3v) is 13.8. The van der Waals surface area contributed by atoms with Crippen molar-refractivity contribution in [2.24, 2.45) is 6.43 Å². The smallest absolute Gasteiger partial charge is 0.0886 e. The molecule has 0 bridgehead atoms. The number of pyridine rings is 2. The number of nitrogens with zero attached hydrogens (tertiary/aromatic N) is 4. The first kappa shape index (κ1) is 19.7. The summed E-state index contributed by atoms with van der Waals surface area (Å²) in [7, 11) is 0. The SMILES string of the molecule is C[CH2][Sn]([CH2]C)([N]=C=S)[N]=C=S.c1ccc(-c2ccccn2)nc1. The summed E-state index contributed by atoms with van der Waals surface area (Å²) in [5.74, 6) is 0. The average Bonchev–Trinajstić information content (AvgIpc) is 2.63. The Morgan fingerprint density at radius 2 is 1.30 bits per heavy atom. The van der Waals surface area contributed by atoms with E-state index in [2.05, 4.69) is 65.0 Å². The van der Waals surface area contributed by atoms with Gasteiger partial charge in [-0.2, -0.15) is 0 Å². The second-order valence-electron chi connectivity index (χ2n) is 4.53. The van der Waals surface area contributed by atoms with Crippen molar-refractivity contribution in [3.8, 4) is 11.4 Å². The van der Waals surface area contributed by atoms with Crippen molar-refractivity contribution < 1.29 is 0 Å². The zero-order chi connectivity index (χ0) is 17.0. The first-order chi connectivity index (χ1) is 11.2. The fourth-order valence-corrected chi connectivity index (χ4v) is 8.41. The van der Waals surface area contributed by atoms with Crippen LogP contribution in [0, 0.1) is 0 Å². The summed E-state index contributed by atoms with van der Waals surface area (Å²) in [6.07, 6.45) is 3.54. The van der Waals surface area contributed by atoms with Gasteiger partial charge in [-0.05, 0) is 24.3 Å². The van der Waals surface area contributed by atoms with Crippen LogP contribution in [0.25, 0.3) is 11.4 Å². The quantitative estimate of drug-likeness (QED) is 0.373. The van der Waals surface area contributed by atoms with Crippen molar-refractivity contribution in [3.63, 3.8) is 0 Å². The number of aromatic nitrogens is 2. The Morgan fingerprint density at radius 3 is 1.57 bits per heavy atom. The summed E-state index contributed by atoms with van der Waals surface area (Å²) in [5, 5.41) is 4.83. The molecule has 23 heavy (non-hydrogen) atoms. The third-order valence-electron chi connectivity index (χ3n) is 3.23. The maximum absolute atomic E-state index is 4.56. The molecule has 0 N–H and O–H groups in total. The van der Waals surface area contributed by atoms with Crippen LogP contribution < -0.4 is 0 Å². The summed E-state index contributed by atoms with van der Waals surface area (Å²) in [6.45, 7) is 4.15. The molecule has 0 atom stereocenters. The Morgan fingerprint density at radius 1 is 0.870 bits per heavy atom. The van der Waals surface area contributed by atoms with E-state index in [1.54, 1.807) is 12.4 Å². The molecule has 0 amide bonds. The Labute approximate surface area is 152 Å². The third kappa shape index (κ3) is 6.77. The number of thiocarbonyl (C=S) groups is 2. The average molecular weight is 449 g/mol. The molecule has 7 heteroatoms. The monoisotopic (exact) mass is 450 g/mol. The van der Waals surface area contributed by atoms with Crippen LogP contribution in [0.1, 0.15) is 13.8 Å². The summed E-state index contributed by atoms with van der Waals surface area (Å²) in [6, 6.07) is 11.6. The molecule has 2 aromatic rings. The van der Waals surface area contributed by atoms with E-state index in [0.717, 1.165) is 20.3 Å². The van der Waals surface area contributed by atoms with E-state index < -0.39 is 18.9 Å². The second kappa shape index (κ2) is 11.3. The molecule has 0 aliphatic heterocycles. The van der Waals surface area contributed by atoms with Crippen molar-refractivity contribution >= 4 is 53.7 Å². The van der Waals surface area contributed by atoms with E-state index in [-0.39, 0.29) is 0 Å². The zero-order valence-corrected chi connectivity index (χ0v) is 17.6. The largest absolute Gasteiger partial charge is 0.255 e. The number of rotatable bonds is 5. The standard InChI is InChI=1S/C10H8N2.2C2H5.2CNS.Sn/c1-3-7-11-9(5-1)10-6-2-4-8-12-10;2*1-2;2*2-1-3;/h1-8H;2*1H2,2H3;;;/q;;;2*-1;+2.